The van der Waals surface area contributed by atoms with Gasteiger partial charge in [-0.2, -0.15) is 0 Å². The fraction of sp³-hybridized carbons (Fsp3) is 0.500. The lowest BCUT2D eigenvalue weighted by Crippen LogP contribution is -2.30. The molecule has 86 valence electrons. The molecule has 0 radical (unpaired) electrons. The standard InChI is InChI=1S/C14H20N2/c1-12(2)11-13-7-6-8-14(15-13)16-9-4-3-5-10-16/h6-8H,1,3-5,9-11H2,2H3. The van der Waals surface area contributed by atoms with Crippen molar-refractivity contribution in [2.75, 3.05) is 18.0 Å². The molecule has 0 unspecified atom stereocenters. The third kappa shape index (κ3) is 2.84. The van der Waals surface area contributed by atoms with Crippen molar-refractivity contribution >= 4 is 5.82 Å². The van der Waals surface area contributed by atoms with E-state index < -0.39 is 0 Å². The molecule has 0 bridgehead atoms. The van der Waals surface area contributed by atoms with E-state index in [2.05, 4.69) is 36.6 Å². The van der Waals surface area contributed by atoms with Gasteiger partial charge in [-0.1, -0.05) is 18.2 Å². The van der Waals surface area contributed by atoms with Gasteiger partial charge in [0.2, 0.25) is 0 Å². The minimum atomic E-state index is 0.891. The second-order valence-electron chi connectivity index (χ2n) is 4.67. The molecule has 2 rings (SSSR count). The predicted octanol–water partition coefficient (Wildman–Crippen LogP) is 3.19. The summed E-state index contributed by atoms with van der Waals surface area (Å²) >= 11 is 0. The van der Waals surface area contributed by atoms with E-state index >= 15 is 0 Å². The van der Waals surface area contributed by atoms with Gasteiger partial charge in [-0.3, -0.25) is 0 Å². The molecule has 0 saturated carbocycles. The van der Waals surface area contributed by atoms with Gasteiger partial charge >= 0.3 is 0 Å². The van der Waals surface area contributed by atoms with E-state index in [-0.39, 0.29) is 0 Å². The Labute approximate surface area is 98.0 Å². The summed E-state index contributed by atoms with van der Waals surface area (Å²) in [7, 11) is 0. The van der Waals surface area contributed by atoms with Gasteiger partial charge in [0.15, 0.2) is 0 Å². The first kappa shape index (κ1) is 11.2. The van der Waals surface area contributed by atoms with Crippen LogP contribution in [0.4, 0.5) is 5.82 Å². The summed E-state index contributed by atoms with van der Waals surface area (Å²) in [5, 5.41) is 0. The molecule has 1 aliphatic rings. The highest BCUT2D eigenvalue weighted by Gasteiger charge is 2.11. The first-order valence-electron chi connectivity index (χ1n) is 6.11. The van der Waals surface area contributed by atoms with Gasteiger partial charge in [0.1, 0.15) is 5.82 Å². The van der Waals surface area contributed by atoms with E-state index in [1.807, 2.05) is 0 Å². The number of pyridine rings is 1. The molecule has 2 heterocycles. The summed E-state index contributed by atoms with van der Waals surface area (Å²) in [6.07, 6.45) is 4.85. The zero-order chi connectivity index (χ0) is 11.4. The van der Waals surface area contributed by atoms with Crippen LogP contribution in [-0.2, 0) is 6.42 Å². The molecule has 16 heavy (non-hydrogen) atoms. The normalized spacial score (nSPS) is 16.2. The molecule has 0 amide bonds. The maximum absolute atomic E-state index is 4.70. The van der Waals surface area contributed by atoms with Gasteiger partial charge in [0.25, 0.3) is 0 Å². The van der Waals surface area contributed by atoms with E-state index in [4.69, 9.17) is 4.98 Å². The van der Waals surface area contributed by atoms with Crippen molar-refractivity contribution in [1.82, 2.24) is 4.98 Å². The van der Waals surface area contributed by atoms with Gasteiger partial charge in [0.05, 0.1) is 0 Å². The van der Waals surface area contributed by atoms with E-state index in [0.717, 1.165) is 31.0 Å². The number of nitrogens with zero attached hydrogens (tertiary/aromatic N) is 2. The van der Waals surface area contributed by atoms with Gasteiger partial charge in [0, 0.05) is 25.2 Å². The smallest absolute Gasteiger partial charge is 0.128 e. The fourth-order valence-corrected chi connectivity index (χ4v) is 2.17. The Kier molecular flexibility index (Phi) is 3.60. The number of piperidine rings is 1. The summed E-state index contributed by atoms with van der Waals surface area (Å²) in [6, 6.07) is 6.31. The summed E-state index contributed by atoms with van der Waals surface area (Å²) in [6.45, 7) is 8.30. The Morgan fingerprint density at radius 3 is 2.75 bits per heavy atom. The SMILES string of the molecule is C=C(C)Cc1cccc(N2CCCCC2)n1. The number of anilines is 1. The second kappa shape index (κ2) is 5.15. The molecular formula is C14H20N2. The Bertz CT molecular complexity index is 365. The first-order chi connectivity index (χ1) is 7.75. The molecule has 1 aromatic rings. The van der Waals surface area contributed by atoms with Crippen molar-refractivity contribution in [3.63, 3.8) is 0 Å². The van der Waals surface area contributed by atoms with Gasteiger partial charge < -0.3 is 4.90 Å². The van der Waals surface area contributed by atoms with Crippen LogP contribution in [0.2, 0.25) is 0 Å². The van der Waals surface area contributed by atoms with Crippen LogP contribution in [0.5, 0.6) is 0 Å². The van der Waals surface area contributed by atoms with E-state index in [9.17, 15) is 0 Å². The Morgan fingerprint density at radius 2 is 2.06 bits per heavy atom. The molecule has 0 spiro atoms. The summed E-state index contributed by atoms with van der Waals surface area (Å²) in [4.78, 5) is 7.10. The third-order valence-electron chi connectivity index (χ3n) is 2.96. The molecule has 2 nitrogen and oxygen atoms in total. The first-order valence-corrected chi connectivity index (χ1v) is 6.11. The fourth-order valence-electron chi connectivity index (χ4n) is 2.17. The number of rotatable bonds is 3. The summed E-state index contributed by atoms with van der Waals surface area (Å²) in [5.74, 6) is 1.14. The van der Waals surface area contributed by atoms with Crippen molar-refractivity contribution in [1.29, 1.82) is 0 Å². The van der Waals surface area contributed by atoms with Crippen LogP contribution in [0.1, 0.15) is 31.9 Å². The molecule has 1 fully saturated rings. The average Bonchev–Trinajstić information content (AvgIpc) is 2.30. The maximum atomic E-state index is 4.70. The molecule has 0 aromatic carbocycles. The largest absolute Gasteiger partial charge is 0.357 e. The summed E-state index contributed by atoms with van der Waals surface area (Å²) < 4.78 is 0. The van der Waals surface area contributed by atoms with E-state index in [0.29, 0.717) is 0 Å². The lowest BCUT2D eigenvalue weighted by atomic mass is 10.1. The average molecular weight is 216 g/mol. The van der Waals surface area contributed by atoms with Crippen LogP contribution in [0.15, 0.2) is 30.4 Å². The molecular weight excluding hydrogens is 196 g/mol. The van der Waals surface area contributed by atoms with Crippen molar-refractivity contribution in [2.45, 2.75) is 32.6 Å². The molecule has 0 N–H and O–H groups in total. The van der Waals surface area contributed by atoms with Gasteiger partial charge in [-0.15, -0.1) is 0 Å². The van der Waals surface area contributed by atoms with E-state index in [1.165, 1.54) is 24.8 Å². The topological polar surface area (TPSA) is 16.1 Å². The lowest BCUT2D eigenvalue weighted by Gasteiger charge is -2.27. The van der Waals surface area contributed by atoms with Crippen LogP contribution in [-0.4, -0.2) is 18.1 Å². The minimum absolute atomic E-state index is 0.891. The van der Waals surface area contributed by atoms with Crippen LogP contribution >= 0.6 is 0 Å². The molecule has 1 aliphatic heterocycles. The van der Waals surface area contributed by atoms with E-state index in [1.54, 1.807) is 0 Å². The second-order valence-corrected chi connectivity index (χ2v) is 4.67. The molecule has 2 heteroatoms. The zero-order valence-electron chi connectivity index (χ0n) is 10.1. The Balaban J connectivity index is 2.11. The van der Waals surface area contributed by atoms with Crippen molar-refractivity contribution in [3.8, 4) is 0 Å². The van der Waals surface area contributed by atoms with Crippen molar-refractivity contribution in [3.05, 3.63) is 36.0 Å². The highest BCUT2D eigenvalue weighted by molar-refractivity contribution is 5.40. The quantitative estimate of drug-likeness (QED) is 0.721. The van der Waals surface area contributed by atoms with Gasteiger partial charge in [-0.05, 0) is 38.3 Å². The number of hydrogen-bond acceptors (Lipinski definition) is 2. The maximum Gasteiger partial charge on any atom is 0.128 e. The number of allylic oxidation sites excluding steroid dienone is 1. The highest BCUT2D eigenvalue weighted by Crippen LogP contribution is 2.18. The van der Waals surface area contributed by atoms with Crippen molar-refractivity contribution < 1.29 is 0 Å². The van der Waals surface area contributed by atoms with Crippen molar-refractivity contribution in [2.24, 2.45) is 0 Å². The number of aromatic nitrogens is 1. The highest BCUT2D eigenvalue weighted by atomic mass is 15.2. The Morgan fingerprint density at radius 1 is 1.31 bits per heavy atom. The Hall–Kier alpha value is -1.31. The molecule has 1 saturated heterocycles. The number of hydrogen-bond donors (Lipinski definition) is 0. The monoisotopic (exact) mass is 216 g/mol. The summed E-state index contributed by atoms with van der Waals surface area (Å²) in [5.41, 5.74) is 2.30. The molecule has 1 aromatic heterocycles. The van der Waals surface area contributed by atoms with Crippen LogP contribution in [0, 0.1) is 0 Å². The molecule has 0 aliphatic carbocycles. The molecule has 0 atom stereocenters. The van der Waals surface area contributed by atoms with Gasteiger partial charge in [-0.25, -0.2) is 4.98 Å². The minimum Gasteiger partial charge on any atom is -0.357 e. The lowest BCUT2D eigenvalue weighted by molar-refractivity contribution is 0.573. The third-order valence-corrected chi connectivity index (χ3v) is 2.96. The zero-order valence-corrected chi connectivity index (χ0v) is 10.1. The predicted molar refractivity (Wildman–Crippen MR) is 68.8 cm³/mol. The van der Waals surface area contributed by atoms with Crippen LogP contribution in [0.25, 0.3) is 0 Å². The van der Waals surface area contributed by atoms with Crippen LogP contribution in [0.3, 0.4) is 0 Å². The van der Waals surface area contributed by atoms with Crippen LogP contribution < -0.4 is 4.90 Å².